The minimum Gasteiger partial charge on any atom is -0.497 e. The lowest BCUT2D eigenvalue weighted by molar-refractivity contribution is 0.101. The van der Waals surface area contributed by atoms with E-state index in [-0.39, 0.29) is 11.5 Å². The molecule has 2 aromatic carbocycles. The summed E-state index contributed by atoms with van der Waals surface area (Å²) in [6, 6.07) is 24.5. The fraction of sp³-hybridized carbons (Fsp3) is 0.0385. The van der Waals surface area contributed by atoms with Gasteiger partial charge in [0.05, 0.1) is 12.7 Å². The van der Waals surface area contributed by atoms with Gasteiger partial charge in [-0.3, -0.25) is 9.69 Å². The molecule has 0 aliphatic carbocycles. The Morgan fingerprint density at radius 3 is 2.16 bits per heavy atom. The Bertz CT molecular complexity index is 1250. The number of anilines is 3. The molecular formula is C26H19N3O3. The van der Waals surface area contributed by atoms with Gasteiger partial charge in [-0.15, -0.1) is 0 Å². The number of hydrogen-bond acceptors (Lipinski definition) is 6. The van der Waals surface area contributed by atoms with E-state index < -0.39 is 0 Å². The van der Waals surface area contributed by atoms with E-state index in [1.807, 2.05) is 65.6 Å². The summed E-state index contributed by atoms with van der Waals surface area (Å²) in [7, 11) is 1.58. The van der Waals surface area contributed by atoms with E-state index in [0.717, 1.165) is 22.9 Å². The van der Waals surface area contributed by atoms with Gasteiger partial charge in [0.2, 0.25) is 5.78 Å². The Balaban J connectivity index is 1.45. The number of carbonyl (C=O) groups excluding carboxylic acids is 1. The second-order valence-electron chi connectivity index (χ2n) is 7.10. The van der Waals surface area contributed by atoms with Crippen molar-refractivity contribution in [2.45, 2.75) is 0 Å². The number of hydrogen-bond donors (Lipinski definition) is 0. The van der Waals surface area contributed by atoms with Crippen molar-refractivity contribution in [2.24, 2.45) is 0 Å². The molecule has 1 aliphatic rings. The van der Waals surface area contributed by atoms with Gasteiger partial charge in [-0.25, -0.2) is 9.97 Å². The number of allylic oxidation sites excluding steroid dienone is 1. The normalized spacial score (nSPS) is 13.5. The van der Waals surface area contributed by atoms with E-state index in [4.69, 9.17) is 9.47 Å². The number of ketones is 1. The Kier molecular flexibility index (Phi) is 5.09. The molecule has 0 unspecified atom stereocenters. The molecule has 156 valence electrons. The topological polar surface area (TPSA) is 64.6 Å². The molecule has 0 N–H and O–H groups in total. The Labute approximate surface area is 185 Å². The first-order valence-electron chi connectivity index (χ1n) is 10.1. The lowest BCUT2D eigenvalue weighted by Crippen LogP contribution is -2.12. The predicted octanol–water partition coefficient (Wildman–Crippen LogP) is 5.57. The second-order valence-corrected chi connectivity index (χ2v) is 7.10. The average molecular weight is 421 g/mol. The van der Waals surface area contributed by atoms with E-state index in [9.17, 15) is 4.79 Å². The first kappa shape index (κ1) is 19.5. The molecule has 0 amide bonds. The zero-order chi connectivity index (χ0) is 21.9. The fourth-order valence-corrected chi connectivity index (χ4v) is 3.52. The van der Waals surface area contributed by atoms with Crippen molar-refractivity contribution in [1.82, 2.24) is 9.97 Å². The largest absolute Gasteiger partial charge is 0.497 e. The number of benzene rings is 2. The standard InChI is InChI=1S/C26H19N3O3/c1-31-20-12-13-21-22(17-20)32-23(26(21)30)16-18-8-10-19(11-9-18)29(24-6-2-4-14-27-24)25-7-3-5-15-28-25/h2-17H,1H3/b23-16-. The van der Waals surface area contributed by atoms with Crippen molar-refractivity contribution in [1.29, 1.82) is 0 Å². The number of nitrogens with zero attached hydrogens (tertiary/aromatic N) is 3. The Hall–Kier alpha value is -4.45. The van der Waals surface area contributed by atoms with Crippen molar-refractivity contribution in [3.8, 4) is 11.5 Å². The molecule has 2 aromatic heterocycles. The van der Waals surface area contributed by atoms with E-state index in [1.54, 1.807) is 43.8 Å². The molecule has 0 bridgehead atoms. The summed E-state index contributed by atoms with van der Waals surface area (Å²) in [5.41, 5.74) is 2.28. The average Bonchev–Trinajstić information content (AvgIpc) is 3.16. The van der Waals surface area contributed by atoms with Crippen molar-refractivity contribution in [3.63, 3.8) is 0 Å². The fourth-order valence-electron chi connectivity index (χ4n) is 3.52. The maximum atomic E-state index is 12.7. The van der Waals surface area contributed by atoms with Crippen molar-refractivity contribution in [2.75, 3.05) is 12.0 Å². The summed E-state index contributed by atoms with van der Waals surface area (Å²) in [5, 5.41) is 0. The molecule has 0 spiro atoms. The van der Waals surface area contributed by atoms with Crippen LogP contribution in [0.15, 0.2) is 97.0 Å². The lowest BCUT2D eigenvalue weighted by atomic mass is 10.1. The van der Waals surface area contributed by atoms with Gasteiger partial charge in [0.1, 0.15) is 23.1 Å². The van der Waals surface area contributed by atoms with Crippen LogP contribution >= 0.6 is 0 Å². The third-order valence-electron chi connectivity index (χ3n) is 5.08. The predicted molar refractivity (Wildman–Crippen MR) is 123 cm³/mol. The van der Waals surface area contributed by atoms with Gasteiger partial charge in [0.15, 0.2) is 5.76 Å². The third-order valence-corrected chi connectivity index (χ3v) is 5.08. The summed E-state index contributed by atoms with van der Waals surface area (Å²) in [6.07, 6.45) is 5.24. The van der Waals surface area contributed by atoms with Crippen LogP contribution in [0, 0.1) is 0 Å². The summed E-state index contributed by atoms with van der Waals surface area (Å²) >= 11 is 0. The van der Waals surface area contributed by atoms with Crippen LogP contribution in [-0.4, -0.2) is 22.9 Å². The lowest BCUT2D eigenvalue weighted by Gasteiger charge is -2.22. The molecular weight excluding hydrogens is 402 g/mol. The molecule has 1 aliphatic heterocycles. The quantitative estimate of drug-likeness (QED) is 0.393. The minimum absolute atomic E-state index is 0.143. The Morgan fingerprint density at radius 2 is 1.56 bits per heavy atom. The molecule has 4 aromatic rings. The van der Waals surface area contributed by atoms with Crippen molar-refractivity contribution in [3.05, 3.63) is 108 Å². The highest BCUT2D eigenvalue weighted by Gasteiger charge is 2.27. The zero-order valence-corrected chi connectivity index (χ0v) is 17.3. The third kappa shape index (κ3) is 3.70. The van der Waals surface area contributed by atoms with Crippen LogP contribution in [-0.2, 0) is 0 Å². The number of aromatic nitrogens is 2. The summed E-state index contributed by atoms with van der Waals surface area (Å²) in [4.78, 5) is 23.6. The number of rotatable bonds is 5. The monoisotopic (exact) mass is 421 g/mol. The van der Waals surface area contributed by atoms with E-state index in [2.05, 4.69) is 9.97 Å². The number of fused-ring (bicyclic) bond motifs is 1. The van der Waals surface area contributed by atoms with Gasteiger partial charge in [0.25, 0.3) is 0 Å². The molecule has 6 nitrogen and oxygen atoms in total. The van der Waals surface area contributed by atoms with Crippen LogP contribution in [0.3, 0.4) is 0 Å². The molecule has 0 fully saturated rings. The Morgan fingerprint density at radius 1 is 0.875 bits per heavy atom. The number of methoxy groups -OCH3 is 1. The van der Waals surface area contributed by atoms with Gasteiger partial charge in [0, 0.05) is 24.1 Å². The number of carbonyl (C=O) groups is 1. The SMILES string of the molecule is COc1ccc2c(c1)O/C(=C\c1ccc(N(c3ccccn3)c3ccccn3)cc1)C2=O. The van der Waals surface area contributed by atoms with E-state index in [1.165, 1.54) is 0 Å². The van der Waals surface area contributed by atoms with Crippen LogP contribution in [0.2, 0.25) is 0 Å². The maximum absolute atomic E-state index is 12.7. The molecule has 0 radical (unpaired) electrons. The second kappa shape index (κ2) is 8.35. The van der Waals surface area contributed by atoms with E-state index in [0.29, 0.717) is 17.1 Å². The van der Waals surface area contributed by atoms with Gasteiger partial charge in [-0.2, -0.15) is 0 Å². The number of pyridine rings is 2. The molecule has 5 rings (SSSR count). The number of Topliss-reactive ketones (excluding diaryl/α,β-unsaturated/α-hetero) is 1. The molecule has 3 heterocycles. The molecule has 0 atom stereocenters. The van der Waals surface area contributed by atoms with Gasteiger partial charge >= 0.3 is 0 Å². The van der Waals surface area contributed by atoms with Crippen molar-refractivity contribution >= 4 is 29.2 Å². The highest BCUT2D eigenvalue weighted by atomic mass is 16.5. The first-order valence-corrected chi connectivity index (χ1v) is 10.1. The smallest absolute Gasteiger partial charge is 0.231 e. The van der Waals surface area contributed by atoms with Crippen molar-refractivity contribution < 1.29 is 14.3 Å². The van der Waals surface area contributed by atoms with Crippen LogP contribution in [0.4, 0.5) is 17.3 Å². The first-order chi connectivity index (χ1) is 15.7. The molecule has 0 saturated heterocycles. The summed E-state index contributed by atoms with van der Waals surface area (Å²) < 4.78 is 11.0. The van der Waals surface area contributed by atoms with E-state index >= 15 is 0 Å². The van der Waals surface area contributed by atoms with Crippen LogP contribution in [0.5, 0.6) is 11.5 Å². The van der Waals surface area contributed by atoms with Gasteiger partial charge < -0.3 is 9.47 Å². The molecule has 6 heteroatoms. The summed E-state index contributed by atoms with van der Waals surface area (Å²) in [6.45, 7) is 0. The minimum atomic E-state index is -0.143. The molecule has 0 saturated carbocycles. The van der Waals surface area contributed by atoms with Crippen LogP contribution in [0.25, 0.3) is 6.08 Å². The highest BCUT2D eigenvalue weighted by molar-refractivity contribution is 6.14. The molecule has 32 heavy (non-hydrogen) atoms. The summed E-state index contributed by atoms with van der Waals surface area (Å²) in [5.74, 6) is 2.81. The van der Waals surface area contributed by atoms with Gasteiger partial charge in [-0.05, 0) is 60.2 Å². The van der Waals surface area contributed by atoms with Crippen LogP contribution in [0.1, 0.15) is 15.9 Å². The zero-order valence-electron chi connectivity index (χ0n) is 17.3. The maximum Gasteiger partial charge on any atom is 0.231 e. The number of ether oxygens (including phenoxy) is 2. The van der Waals surface area contributed by atoms with Gasteiger partial charge in [-0.1, -0.05) is 24.3 Å². The van der Waals surface area contributed by atoms with Crippen LogP contribution < -0.4 is 14.4 Å². The highest BCUT2D eigenvalue weighted by Crippen LogP contribution is 2.35.